The van der Waals surface area contributed by atoms with Gasteiger partial charge in [-0.1, -0.05) is 13.8 Å². The van der Waals surface area contributed by atoms with E-state index in [2.05, 4.69) is 36.5 Å². The topological polar surface area (TPSA) is 29.9 Å². The Morgan fingerprint density at radius 1 is 1.53 bits per heavy atom. The predicted molar refractivity (Wildman–Crippen MR) is 61.8 cm³/mol. The molecule has 1 aliphatic rings. The highest BCUT2D eigenvalue weighted by atomic mass is 15.3. The number of hydrogen-bond acceptors (Lipinski definition) is 2. The Labute approximate surface area is 91.9 Å². The van der Waals surface area contributed by atoms with Crippen LogP contribution in [0.15, 0.2) is 12.3 Å². The van der Waals surface area contributed by atoms with E-state index in [1.807, 2.05) is 11.6 Å². The zero-order chi connectivity index (χ0) is 10.9. The van der Waals surface area contributed by atoms with E-state index in [9.17, 15) is 0 Å². The molecule has 15 heavy (non-hydrogen) atoms. The third kappa shape index (κ3) is 3.34. The predicted octanol–water partition coefficient (Wildman–Crippen LogP) is 1.97. The molecule has 0 bridgehead atoms. The maximum Gasteiger partial charge on any atom is 0.0593 e. The summed E-state index contributed by atoms with van der Waals surface area (Å²) in [6.45, 7) is 8.68. The van der Waals surface area contributed by atoms with Crippen molar-refractivity contribution < 1.29 is 0 Å². The first-order chi connectivity index (χ1) is 7.05. The van der Waals surface area contributed by atoms with E-state index in [1.54, 1.807) is 0 Å². The van der Waals surface area contributed by atoms with Crippen LogP contribution in [0.25, 0.3) is 0 Å². The third-order valence-electron chi connectivity index (χ3n) is 2.81. The molecule has 0 amide bonds. The van der Waals surface area contributed by atoms with E-state index in [1.165, 1.54) is 12.8 Å². The van der Waals surface area contributed by atoms with Gasteiger partial charge in [-0.3, -0.25) is 4.68 Å². The first-order valence-electron chi connectivity index (χ1n) is 5.79. The highest BCUT2D eigenvalue weighted by Crippen LogP contribution is 2.22. The molecule has 0 atom stereocenters. The first-order valence-corrected chi connectivity index (χ1v) is 5.79. The van der Waals surface area contributed by atoms with Gasteiger partial charge < -0.3 is 5.32 Å². The molecule has 0 aromatic carbocycles. The van der Waals surface area contributed by atoms with Gasteiger partial charge >= 0.3 is 0 Å². The maximum absolute atomic E-state index is 4.43. The van der Waals surface area contributed by atoms with E-state index < -0.39 is 0 Å². The van der Waals surface area contributed by atoms with Crippen LogP contribution in [-0.4, -0.2) is 22.4 Å². The van der Waals surface area contributed by atoms with Crippen LogP contribution in [0, 0.1) is 12.3 Å². The number of aromatic nitrogens is 2. The smallest absolute Gasteiger partial charge is 0.0593 e. The largest absolute Gasteiger partial charge is 0.313 e. The van der Waals surface area contributed by atoms with Crippen LogP contribution in [0.4, 0.5) is 0 Å². The Balaban J connectivity index is 1.84. The van der Waals surface area contributed by atoms with Crippen molar-refractivity contribution in [1.29, 1.82) is 0 Å². The fourth-order valence-corrected chi connectivity index (χ4v) is 1.75. The van der Waals surface area contributed by atoms with Crippen molar-refractivity contribution in [3.63, 3.8) is 0 Å². The average molecular weight is 207 g/mol. The van der Waals surface area contributed by atoms with Gasteiger partial charge in [-0.15, -0.1) is 0 Å². The molecule has 1 N–H and O–H groups in total. The molecular weight excluding hydrogens is 186 g/mol. The Morgan fingerprint density at radius 3 is 2.80 bits per heavy atom. The second kappa shape index (κ2) is 3.97. The molecule has 0 aliphatic heterocycles. The summed E-state index contributed by atoms with van der Waals surface area (Å²) < 4.78 is 2.05. The zero-order valence-corrected chi connectivity index (χ0v) is 9.95. The lowest BCUT2D eigenvalue weighted by Gasteiger charge is -2.25. The lowest BCUT2D eigenvalue weighted by atomic mass is 9.93. The molecule has 3 heteroatoms. The summed E-state index contributed by atoms with van der Waals surface area (Å²) in [5.74, 6) is 0. The molecule has 3 nitrogen and oxygen atoms in total. The SMILES string of the molecule is Cc1ccn(CC(C)(C)CNC2CC2)n1. The van der Waals surface area contributed by atoms with Crippen molar-refractivity contribution in [2.45, 2.75) is 46.2 Å². The van der Waals surface area contributed by atoms with Gasteiger partial charge in [0, 0.05) is 25.3 Å². The molecule has 0 radical (unpaired) electrons. The Morgan fingerprint density at radius 2 is 2.27 bits per heavy atom. The Bertz CT molecular complexity index is 323. The van der Waals surface area contributed by atoms with Crippen LogP contribution in [-0.2, 0) is 6.54 Å². The second-order valence-electron chi connectivity index (χ2n) is 5.47. The fraction of sp³-hybridized carbons (Fsp3) is 0.750. The van der Waals surface area contributed by atoms with Gasteiger partial charge in [0.15, 0.2) is 0 Å². The molecule has 1 fully saturated rings. The van der Waals surface area contributed by atoms with Crippen LogP contribution in [0.2, 0.25) is 0 Å². The summed E-state index contributed by atoms with van der Waals surface area (Å²) in [5.41, 5.74) is 1.38. The van der Waals surface area contributed by atoms with Crippen LogP contribution in [0.3, 0.4) is 0 Å². The van der Waals surface area contributed by atoms with Crippen LogP contribution < -0.4 is 5.32 Å². The normalized spacial score (nSPS) is 17.0. The number of hydrogen-bond donors (Lipinski definition) is 1. The van der Waals surface area contributed by atoms with E-state index in [0.717, 1.165) is 24.8 Å². The minimum absolute atomic E-state index is 0.279. The zero-order valence-electron chi connectivity index (χ0n) is 9.95. The van der Waals surface area contributed by atoms with Crippen molar-refractivity contribution in [2.75, 3.05) is 6.54 Å². The van der Waals surface area contributed by atoms with E-state index in [0.29, 0.717) is 0 Å². The summed E-state index contributed by atoms with van der Waals surface area (Å²) in [7, 11) is 0. The molecule has 2 rings (SSSR count). The van der Waals surface area contributed by atoms with Gasteiger partial charge in [0.25, 0.3) is 0 Å². The number of nitrogens with one attached hydrogen (secondary N) is 1. The number of rotatable bonds is 5. The average Bonchev–Trinajstić information content (AvgIpc) is 2.88. The maximum atomic E-state index is 4.43. The molecule has 84 valence electrons. The summed E-state index contributed by atoms with van der Waals surface area (Å²) in [5, 5.41) is 8.01. The Hall–Kier alpha value is -0.830. The molecule has 1 aromatic rings. The molecule has 1 heterocycles. The van der Waals surface area contributed by atoms with Crippen molar-refractivity contribution in [1.82, 2.24) is 15.1 Å². The van der Waals surface area contributed by atoms with Crippen LogP contribution in [0.5, 0.6) is 0 Å². The monoisotopic (exact) mass is 207 g/mol. The molecule has 1 aliphatic carbocycles. The standard InChI is InChI=1S/C12H21N3/c1-10-6-7-15(14-10)9-12(2,3)8-13-11-4-5-11/h6-7,11,13H,4-5,8-9H2,1-3H3. The van der Waals surface area contributed by atoms with Crippen molar-refractivity contribution >= 4 is 0 Å². The summed E-state index contributed by atoms with van der Waals surface area (Å²) in [4.78, 5) is 0. The molecular formula is C12H21N3. The quantitative estimate of drug-likeness (QED) is 0.800. The lowest BCUT2D eigenvalue weighted by molar-refractivity contribution is 0.275. The first kappa shape index (κ1) is 10.7. The number of aryl methyl sites for hydroxylation is 1. The highest BCUT2D eigenvalue weighted by molar-refractivity contribution is 4.95. The minimum atomic E-state index is 0.279. The third-order valence-corrected chi connectivity index (χ3v) is 2.81. The summed E-state index contributed by atoms with van der Waals surface area (Å²) >= 11 is 0. The molecule has 1 aromatic heterocycles. The minimum Gasteiger partial charge on any atom is -0.313 e. The second-order valence-corrected chi connectivity index (χ2v) is 5.47. The fourth-order valence-electron chi connectivity index (χ4n) is 1.75. The molecule has 0 spiro atoms. The van der Waals surface area contributed by atoms with Crippen LogP contribution >= 0.6 is 0 Å². The molecule has 0 saturated heterocycles. The lowest BCUT2D eigenvalue weighted by Crippen LogP contribution is -2.34. The van der Waals surface area contributed by atoms with Gasteiger partial charge in [0.2, 0.25) is 0 Å². The molecule has 0 unspecified atom stereocenters. The summed E-state index contributed by atoms with van der Waals surface area (Å²) in [6, 6.07) is 2.85. The summed E-state index contributed by atoms with van der Waals surface area (Å²) in [6.07, 6.45) is 4.78. The van der Waals surface area contributed by atoms with Gasteiger partial charge in [-0.05, 0) is 31.2 Å². The van der Waals surface area contributed by atoms with E-state index in [-0.39, 0.29) is 5.41 Å². The van der Waals surface area contributed by atoms with Crippen molar-refractivity contribution in [3.8, 4) is 0 Å². The van der Waals surface area contributed by atoms with Gasteiger partial charge in [0.1, 0.15) is 0 Å². The van der Waals surface area contributed by atoms with E-state index in [4.69, 9.17) is 0 Å². The van der Waals surface area contributed by atoms with Gasteiger partial charge in [-0.25, -0.2) is 0 Å². The van der Waals surface area contributed by atoms with Crippen molar-refractivity contribution in [3.05, 3.63) is 18.0 Å². The van der Waals surface area contributed by atoms with Gasteiger partial charge in [-0.2, -0.15) is 5.10 Å². The van der Waals surface area contributed by atoms with E-state index >= 15 is 0 Å². The Kier molecular flexibility index (Phi) is 2.83. The van der Waals surface area contributed by atoms with Crippen molar-refractivity contribution in [2.24, 2.45) is 5.41 Å². The molecule has 1 saturated carbocycles. The van der Waals surface area contributed by atoms with Crippen LogP contribution in [0.1, 0.15) is 32.4 Å². The van der Waals surface area contributed by atoms with Gasteiger partial charge in [0.05, 0.1) is 5.69 Å². The highest BCUT2D eigenvalue weighted by Gasteiger charge is 2.25. The number of nitrogens with zero attached hydrogens (tertiary/aromatic N) is 2.